The summed E-state index contributed by atoms with van der Waals surface area (Å²) in [5.41, 5.74) is 6.09. The minimum Gasteiger partial charge on any atom is -0.488 e. The van der Waals surface area contributed by atoms with Crippen molar-refractivity contribution in [3.63, 3.8) is 0 Å². The first-order valence-electron chi connectivity index (χ1n) is 5.99. The number of ether oxygens (including phenoxy) is 2. The SMILES string of the molecule is CC(C)Oc1c(N)cccc1C(=O)OC(C)(C)C. The third-order valence-corrected chi connectivity index (χ3v) is 2.02. The number of anilines is 1. The van der Waals surface area contributed by atoms with Gasteiger partial charge in [-0.1, -0.05) is 6.07 Å². The zero-order valence-electron chi connectivity index (χ0n) is 11.6. The summed E-state index contributed by atoms with van der Waals surface area (Å²) in [6, 6.07) is 5.06. The van der Waals surface area contributed by atoms with E-state index in [2.05, 4.69) is 0 Å². The molecular weight excluding hydrogens is 230 g/mol. The molecule has 0 aromatic heterocycles. The minimum absolute atomic E-state index is 0.0594. The van der Waals surface area contributed by atoms with Crippen LogP contribution in [0, 0.1) is 0 Å². The van der Waals surface area contributed by atoms with Gasteiger partial charge in [0.15, 0.2) is 5.75 Å². The van der Waals surface area contributed by atoms with Gasteiger partial charge in [-0.15, -0.1) is 0 Å². The second-order valence-corrected chi connectivity index (χ2v) is 5.39. The average molecular weight is 251 g/mol. The molecule has 0 aliphatic rings. The number of esters is 1. The smallest absolute Gasteiger partial charge is 0.342 e. The molecule has 0 aliphatic heterocycles. The average Bonchev–Trinajstić information content (AvgIpc) is 2.17. The van der Waals surface area contributed by atoms with Crippen LogP contribution >= 0.6 is 0 Å². The molecule has 0 bridgehead atoms. The van der Waals surface area contributed by atoms with E-state index in [0.29, 0.717) is 17.0 Å². The number of carbonyl (C=O) groups is 1. The predicted octanol–water partition coefficient (Wildman–Crippen LogP) is 3.01. The Kier molecular flexibility index (Phi) is 4.22. The molecule has 0 spiro atoms. The Bertz CT molecular complexity index is 433. The summed E-state index contributed by atoms with van der Waals surface area (Å²) in [5, 5.41) is 0. The van der Waals surface area contributed by atoms with E-state index in [9.17, 15) is 4.79 Å². The third kappa shape index (κ3) is 3.95. The largest absolute Gasteiger partial charge is 0.488 e. The van der Waals surface area contributed by atoms with Crippen LogP contribution in [-0.4, -0.2) is 17.7 Å². The van der Waals surface area contributed by atoms with Crippen molar-refractivity contribution < 1.29 is 14.3 Å². The van der Waals surface area contributed by atoms with Gasteiger partial charge in [0.1, 0.15) is 11.2 Å². The van der Waals surface area contributed by atoms with Crippen LogP contribution in [0.1, 0.15) is 45.0 Å². The van der Waals surface area contributed by atoms with Gasteiger partial charge in [0.2, 0.25) is 0 Å². The highest BCUT2D eigenvalue weighted by molar-refractivity contribution is 5.94. The summed E-state index contributed by atoms with van der Waals surface area (Å²) in [6.07, 6.45) is -0.0594. The molecule has 2 N–H and O–H groups in total. The lowest BCUT2D eigenvalue weighted by Crippen LogP contribution is -2.24. The monoisotopic (exact) mass is 251 g/mol. The second-order valence-electron chi connectivity index (χ2n) is 5.39. The van der Waals surface area contributed by atoms with Crippen LogP contribution in [-0.2, 0) is 4.74 Å². The van der Waals surface area contributed by atoms with Crippen molar-refractivity contribution >= 4 is 11.7 Å². The molecule has 1 rings (SSSR count). The first-order valence-corrected chi connectivity index (χ1v) is 5.99. The molecule has 0 saturated heterocycles. The Morgan fingerprint density at radius 3 is 2.39 bits per heavy atom. The number of nitrogens with two attached hydrogens (primary N) is 1. The van der Waals surface area contributed by atoms with Crippen LogP contribution in [0.4, 0.5) is 5.69 Å². The van der Waals surface area contributed by atoms with Gasteiger partial charge >= 0.3 is 5.97 Å². The van der Waals surface area contributed by atoms with Crippen LogP contribution in [0.3, 0.4) is 0 Å². The quantitative estimate of drug-likeness (QED) is 0.662. The highest BCUT2D eigenvalue weighted by atomic mass is 16.6. The maximum absolute atomic E-state index is 12.1. The van der Waals surface area contributed by atoms with Crippen LogP contribution in [0.25, 0.3) is 0 Å². The zero-order valence-corrected chi connectivity index (χ0v) is 11.6. The molecule has 4 nitrogen and oxygen atoms in total. The van der Waals surface area contributed by atoms with Gasteiger partial charge in [-0.3, -0.25) is 0 Å². The summed E-state index contributed by atoms with van der Waals surface area (Å²) in [6.45, 7) is 9.22. The number of hydrogen-bond acceptors (Lipinski definition) is 4. The van der Waals surface area contributed by atoms with E-state index >= 15 is 0 Å². The zero-order chi connectivity index (χ0) is 13.9. The molecule has 0 unspecified atom stereocenters. The summed E-state index contributed by atoms with van der Waals surface area (Å²) in [5.74, 6) is -0.0350. The van der Waals surface area contributed by atoms with Gasteiger partial charge in [0.05, 0.1) is 11.8 Å². The molecule has 1 aromatic carbocycles. The van der Waals surface area contributed by atoms with Gasteiger partial charge in [-0.25, -0.2) is 4.79 Å². The van der Waals surface area contributed by atoms with E-state index in [1.165, 1.54) is 0 Å². The van der Waals surface area contributed by atoms with Crippen molar-refractivity contribution in [3.05, 3.63) is 23.8 Å². The van der Waals surface area contributed by atoms with Gasteiger partial charge in [-0.2, -0.15) is 0 Å². The fourth-order valence-electron chi connectivity index (χ4n) is 1.42. The van der Waals surface area contributed by atoms with Gasteiger partial charge in [0, 0.05) is 0 Å². The second kappa shape index (κ2) is 5.29. The van der Waals surface area contributed by atoms with Crippen molar-refractivity contribution in [1.29, 1.82) is 0 Å². The topological polar surface area (TPSA) is 61.5 Å². The van der Waals surface area contributed by atoms with Gasteiger partial charge in [0.25, 0.3) is 0 Å². The van der Waals surface area contributed by atoms with E-state index in [-0.39, 0.29) is 6.10 Å². The van der Waals surface area contributed by atoms with Crippen molar-refractivity contribution in [1.82, 2.24) is 0 Å². The molecule has 0 saturated carbocycles. The van der Waals surface area contributed by atoms with Crippen molar-refractivity contribution in [2.75, 3.05) is 5.73 Å². The fraction of sp³-hybridized carbons (Fsp3) is 0.500. The van der Waals surface area contributed by atoms with E-state index in [4.69, 9.17) is 15.2 Å². The Balaban J connectivity index is 3.08. The Morgan fingerprint density at radius 1 is 1.28 bits per heavy atom. The molecule has 0 atom stereocenters. The first-order chi connectivity index (χ1) is 8.20. The van der Waals surface area contributed by atoms with Crippen molar-refractivity contribution in [2.45, 2.75) is 46.3 Å². The maximum Gasteiger partial charge on any atom is 0.342 e. The summed E-state index contributed by atoms with van der Waals surface area (Å²) in [7, 11) is 0. The number of rotatable bonds is 3. The standard InChI is InChI=1S/C14H21NO3/c1-9(2)17-12-10(7-6-8-11(12)15)13(16)18-14(3,4)5/h6-9H,15H2,1-5H3. The summed E-state index contributed by atoms with van der Waals surface area (Å²) in [4.78, 5) is 12.1. The molecule has 0 heterocycles. The van der Waals surface area contributed by atoms with Crippen molar-refractivity contribution in [3.8, 4) is 5.75 Å². The lowest BCUT2D eigenvalue weighted by molar-refractivity contribution is 0.00650. The Labute approximate surface area is 108 Å². The summed E-state index contributed by atoms with van der Waals surface area (Å²) < 4.78 is 10.9. The van der Waals surface area contributed by atoms with Gasteiger partial charge < -0.3 is 15.2 Å². The van der Waals surface area contributed by atoms with Crippen LogP contribution in [0.15, 0.2) is 18.2 Å². The molecule has 18 heavy (non-hydrogen) atoms. The number of carbonyl (C=O) groups excluding carboxylic acids is 1. The predicted molar refractivity (Wildman–Crippen MR) is 71.8 cm³/mol. The third-order valence-electron chi connectivity index (χ3n) is 2.02. The van der Waals surface area contributed by atoms with E-state index < -0.39 is 11.6 Å². The first kappa shape index (κ1) is 14.4. The molecule has 4 heteroatoms. The summed E-state index contributed by atoms with van der Waals surface area (Å²) >= 11 is 0. The Hall–Kier alpha value is -1.71. The number of nitrogen functional groups attached to an aromatic ring is 1. The molecule has 0 aliphatic carbocycles. The van der Waals surface area contributed by atoms with E-state index in [1.807, 2.05) is 34.6 Å². The maximum atomic E-state index is 12.1. The molecule has 1 aromatic rings. The van der Waals surface area contributed by atoms with Crippen LogP contribution in [0.5, 0.6) is 5.75 Å². The Morgan fingerprint density at radius 2 is 1.89 bits per heavy atom. The van der Waals surface area contributed by atoms with Crippen LogP contribution < -0.4 is 10.5 Å². The van der Waals surface area contributed by atoms with Crippen molar-refractivity contribution in [2.24, 2.45) is 0 Å². The molecule has 100 valence electrons. The molecular formula is C14H21NO3. The van der Waals surface area contributed by atoms with E-state index in [1.54, 1.807) is 18.2 Å². The fourth-order valence-corrected chi connectivity index (χ4v) is 1.42. The number of benzene rings is 1. The lowest BCUT2D eigenvalue weighted by atomic mass is 10.1. The van der Waals surface area contributed by atoms with E-state index in [0.717, 1.165) is 0 Å². The number of hydrogen-bond donors (Lipinski definition) is 1. The molecule has 0 fully saturated rings. The highest BCUT2D eigenvalue weighted by Gasteiger charge is 2.22. The molecule has 0 amide bonds. The van der Waals surface area contributed by atoms with Gasteiger partial charge in [-0.05, 0) is 46.8 Å². The number of para-hydroxylation sites is 1. The minimum atomic E-state index is -0.545. The lowest BCUT2D eigenvalue weighted by Gasteiger charge is -2.21. The highest BCUT2D eigenvalue weighted by Crippen LogP contribution is 2.29. The normalized spacial score (nSPS) is 11.4. The van der Waals surface area contributed by atoms with Crippen LogP contribution in [0.2, 0.25) is 0 Å². The molecule has 0 radical (unpaired) electrons.